The van der Waals surface area contributed by atoms with E-state index in [0.717, 1.165) is 32.6 Å². The van der Waals surface area contributed by atoms with Crippen LogP contribution in [0, 0.1) is 0 Å². The minimum Gasteiger partial charge on any atom is -0.381 e. The molecule has 0 saturated heterocycles. The molecule has 1 fully saturated rings. The van der Waals surface area contributed by atoms with Gasteiger partial charge in [-0.2, -0.15) is 0 Å². The molecule has 0 amide bonds. The van der Waals surface area contributed by atoms with Gasteiger partial charge in [0, 0.05) is 26.2 Å². The maximum atomic E-state index is 5.91. The molecule has 1 saturated carbocycles. The van der Waals surface area contributed by atoms with E-state index >= 15 is 0 Å². The molecule has 1 aliphatic carbocycles. The molecular weight excluding hydrogens is 377 g/mol. The third kappa shape index (κ3) is 7.13. The zero-order chi connectivity index (χ0) is 14.2. The van der Waals surface area contributed by atoms with Gasteiger partial charge in [-0.05, 0) is 31.2 Å². The van der Waals surface area contributed by atoms with Crippen molar-refractivity contribution in [3.05, 3.63) is 35.9 Å². The Hall–Kier alpha value is -0.820. The standard InChI is InChI=1S/C16H25N3O.HI/c1-19(15-8-9-15)16(17)18-11-5-12-20-13-10-14-6-3-2-4-7-14;/h2-4,6-7,15H,5,8-13H2,1H3,(H2,17,18);1H. The lowest BCUT2D eigenvalue weighted by Crippen LogP contribution is -2.35. The number of nitrogens with zero attached hydrogens (tertiary/aromatic N) is 2. The van der Waals surface area contributed by atoms with Crippen molar-refractivity contribution in [2.24, 2.45) is 10.7 Å². The van der Waals surface area contributed by atoms with Crippen molar-refractivity contribution in [1.29, 1.82) is 0 Å². The van der Waals surface area contributed by atoms with Gasteiger partial charge in [-0.1, -0.05) is 30.3 Å². The Morgan fingerprint density at radius 3 is 2.67 bits per heavy atom. The summed E-state index contributed by atoms with van der Waals surface area (Å²) >= 11 is 0. The predicted molar refractivity (Wildman–Crippen MR) is 98.3 cm³/mol. The largest absolute Gasteiger partial charge is 0.381 e. The molecule has 0 radical (unpaired) electrons. The van der Waals surface area contributed by atoms with Crippen molar-refractivity contribution in [3.8, 4) is 0 Å². The molecule has 0 heterocycles. The zero-order valence-corrected chi connectivity index (χ0v) is 15.0. The van der Waals surface area contributed by atoms with Crippen LogP contribution in [-0.4, -0.2) is 43.7 Å². The zero-order valence-electron chi connectivity index (χ0n) is 12.7. The Bertz CT molecular complexity index is 421. The topological polar surface area (TPSA) is 50.8 Å². The highest BCUT2D eigenvalue weighted by atomic mass is 127. The van der Waals surface area contributed by atoms with Gasteiger partial charge in [0.25, 0.3) is 0 Å². The van der Waals surface area contributed by atoms with E-state index in [1.807, 2.05) is 13.1 Å². The lowest BCUT2D eigenvalue weighted by Gasteiger charge is -2.16. The number of nitrogens with two attached hydrogens (primary N) is 1. The van der Waals surface area contributed by atoms with Gasteiger partial charge < -0.3 is 15.4 Å². The average Bonchev–Trinajstić information content (AvgIpc) is 3.31. The SMILES string of the molecule is CN(C(N)=NCCCOCCc1ccccc1)C1CC1.I. The molecule has 1 aromatic carbocycles. The van der Waals surface area contributed by atoms with E-state index in [9.17, 15) is 0 Å². The highest BCUT2D eigenvalue weighted by molar-refractivity contribution is 14.0. The number of aliphatic imine (C=N–C) groups is 1. The third-order valence-electron chi connectivity index (χ3n) is 3.55. The Labute approximate surface area is 144 Å². The predicted octanol–water partition coefficient (Wildman–Crippen LogP) is 2.66. The van der Waals surface area contributed by atoms with Crippen LogP contribution < -0.4 is 5.73 Å². The van der Waals surface area contributed by atoms with Crippen molar-refractivity contribution < 1.29 is 4.74 Å². The lowest BCUT2D eigenvalue weighted by molar-refractivity contribution is 0.136. The Kier molecular flexibility index (Phi) is 8.68. The summed E-state index contributed by atoms with van der Waals surface area (Å²) in [6, 6.07) is 11.0. The summed E-state index contributed by atoms with van der Waals surface area (Å²) < 4.78 is 5.62. The molecule has 1 aliphatic rings. The van der Waals surface area contributed by atoms with Crippen LogP contribution in [-0.2, 0) is 11.2 Å². The van der Waals surface area contributed by atoms with E-state index in [0.29, 0.717) is 12.0 Å². The molecule has 1 aromatic rings. The summed E-state index contributed by atoms with van der Waals surface area (Å²) in [5.74, 6) is 0.664. The van der Waals surface area contributed by atoms with Crippen LogP contribution in [0.2, 0.25) is 0 Å². The van der Waals surface area contributed by atoms with Crippen LogP contribution in [0.3, 0.4) is 0 Å². The Morgan fingerprint density at radius 1 is 1.29 bits per heavy atom. The monoisotopic (exact) mass is 403 g/mol. The van der Waals surface area contributed by atoms with Crippen molar-refractivity contribution >= 4 is 29.9 Å². The smallest absolute Gasteiger partial charge is 0.191 e. The maximum Gasteiger partial charge on any atom is 0.191 e. The molecule has 0 bridgehead atoms. The first-order chi connectivity index (χ1) is 9.77. The van der Waals surface area contributed by atoms with Gasteiger partial charge in [0.1, 0.15) is 0 Å². The first-order valence-corrected chi connectivity index (χ1v) is 7.42. The highest BCUT2D eigenvalue weighted by Crippen LogP contribution is 2.24. The molecule has 2 N–H and O–H groups in total. The fraction of sp³-hybridized carbons (Fsp3) is 0.562. The van der Waals surface area contributed by atoms with Crippen molar-refractivity contribution in [2.75, 3.05) is 26.8 Å². The molecule has 21 heavy (non-hydrogen) atoms. The summed E-state index contributed by atoms with van der Waals surface area (Å²) in [4.78, 5) is 6.46. The molecule has 0 unspecified atom stereocenters. The molecule has 0 aromatic heterocycles. The maximum absolute atomic E-state index is 5.91. The lowest BCUT2D eigenvalue weighted by atomic mass is 10.2. The van der Waals surface area contributed by atoms with Crippen molar-refractivity contribution in [3.63, 3.8) is 0 Å². The van der Waals surface area contributed by atoms with Crippen LogP contribution in [0.5, 0.6) is 0 Å². The van der Waals surface area contributed by atoms with Crippen molar-refractivity contribution in [2.45, 2.75) is 31.7 Å². The number of ether oxygens (including phenoxy) is 1. The van der Waals surface area contributed by atoms with Crippen molar-refractivity contribution in [1.82, 2.24) is 4.90 Å². The van der Waals surface area contributed by atoms with E-state index in [4.69, 9.17) is 10.5 Å². The minimum atomic E-state index is 0. The summed E-state index contributed by atoms with van der Waals surface area (Å²) in [6.45, 7) is 2.26. The molecule has 0 atom stereocenters. The Morgan fingerprint density at radius 2 is 2.00 bits per heavy atom. The summed E-state index contributed by atoms with van der Waals surface area (Å²) in [5.41, 5.74) is 7.23. The Balaban J connectivity index is 0.00000220. The second-order valence-corrected chi connectivity index (χ2v) is 5.28. The molecular formula is C16H26IN3O. The second-order valence-electron chi connectivity index (χ2n) is 5.28. The first-order valence-electron chi connectivity index (χ1n) is 7.42. The summed E-state index contributed by atoms with van der Waals surface area (Å²) in [7, 11) is 2.02. The van der Waals surface area contributed by atoms with Gasteiger partial charge in [-0.15, -0.1) is 24.0 Å². The van der Waals surface area contributed by atoms with E-state index in [1.54, 1.807) is 0 Å². The number of halogens is 1. The third-order valence-corrected chi connectivity index (χ3v) is 3.55. The van der Waals surface area contributed by atoms with Crippen LogP contribution in [0.4, 0.5) is 0 Å². The highest BCUT2D eigenvalue weighted by Gasteiger charge is 2.27. The normalized spacial score (nSPS) is 14.6. The minimum absolute atomic E-state index is 0. The molecule has 2 rings (SSSR count). The van der Waals surface area contributed by atoms with Crippen LogP contribution in [0.15, 0.2) is 35.3 Å². The van der Waals surface area contributed by atoms with Gasteiger partial charge >= 0.3 is 0 Å². The number of rotatable bonds is 8. The van der Waals surface area contributed by atoms with Gasteiger partial charge in [0.05, 0.1) is 6.61 Å². The first kappa shape index (κ1) is 18.2. The quantitative estimate of drug-likeness (QED) is 0.314. The number of guanidine groups is 1. The van der Waals surface area contributed by atoms with E-state index in [-0.39, 0.29) is 24.0 Å². The van der Waals surface area contributed by atoms with E-state index in [1.165, 1.54) is 18.4 Å². The number of hydrogen-bond acceptors (Lipinski definition) is 2. The van der Waals surface area contributed by atoms with Gasteiger partial charge in [-0.25, -0.2) is 0 Å². The molecule has 0 aliphatic heterocycles. The number of benzene rings is 1. The van der Waals surface area contributed by atoms with Gasteiger partial charge in [-0.3, -0.25) is 4.99 Å². The van der Waals surface area contributed by atoms with E-state index < -0.39 is 0 Å². The summed E-state index contributed by atoms with van der Waals surface area (Å²) in [5, 5.41) is 0. The summed E-state index contributed by atoms with van der Waals surface area (Å²) in [6.07, 6.45) is 4.38. The van der Waals surface area contributed by atoms with Gasteiger partial charge in [0.2, 0.25) is 0 Å². The van der Waals surface area contributed by atoms with Gasteiger partial charge in [0.15, 0.2) is 5.96 Å². The van der Waals surface area contributed by atoms with Crippen LogP contribution in [0.1, 0.15) is 24.8 Å². The molecule has 0 spiro atoms. The fourth-order valence-corrected chi connectivity index (χ4v) is 2.06. The molecule has 118 valence electrons. The molecule has 5 heteroatoms. The van der Waals surface area contributed by atoms with E-state index in [2.05, 4.69) is 34.2 Å². The van der Waals surface area contributed by atoms with Crippen LogP contribution >= 0.6 is 24.0 Å². The average molecular weight is 403 g/mol. The van der Waals surface area contributed by atoms with Crippen LogP contribution in [0.25, 0.3) is 0 Å². The fourth-order valence-electron chi connectivity index (χ4n) is 2.06. The number of hydrogen-bond donors (Lipinski definition) is 1. The molecule has 4 nitrogen and oxygen atoms in total. The second kappa shape index (κ2) is 10.00.